The molecule has 0 unspecified atom stereocenters. The van der Waals surface area contributed by atoms with Crippen LogP contribution >= 0.6 is 0 Å². The fourth-order valence-electron chi connectivity index (χ4n) is 2.50. The molecular weight excluding hydrogens is 233 g/mol. The Hall–Kier alpha value is -1.13. The number of nitrogens with zero attached hydrogens (tertiary/aromatic N) is 1. The Morgan fingerprint density at radius 1 is 1.39 bits per heavy atom. The van der Waals surface area contributed by atoms with Gasteiger partial charge in [0, 0.05) is 30.9 Å². The first-order valence-electron chi connectivity index (χ1n) is 6.45. The maximum absolute atomic E-state index is 13.2. The van der Waals surface area contributed by atoms with E-state index in [0.29, 0.717) is 11.5 Å². The molecule has 1 fully saturated rings. The van der Waals surface area contributed by atoms with Crippen LogP contribution in [0.3, 0.4) is 0 Å². The molecule has 0 aromatic heterocycles. The molecule has 1 heterocycles. The van der Waals surface area contributed by atoms with Crippen LogP contribution in [0.4, 0.5) is 10.1 Å². The maximum atomic E-state index is 13.2. The highest BCUT2D eigenvalue weighted by Crippen LogP contribution is 2.30. The fourth-order valence-corrected chi connectivity index (χ4v) is 2.50. The van der Waals surface area contributed by atoms with Crippen molar-refractivity contribution in [1.29, 1.82) is 0 Å². The summed E-state index contributed by atoms with van der Waals surface area (Å²) in [4.78, 5) is 2.16. The van der Waals surface area contributed by atoms with Crippen molar-refractivity contribution in [2.45, 2.75) is 25.9 Å². The number of aliphatic hydroxyl groups is 2. The highest BCUT2D eigenvalue weighted by Gasteiger charge is 2.21. The van der Waals surface area contributed by atoms with Gasteiger partial charge >= 0.3 is 0 Å². The van der Waals surface area contributed by atoms with Crippen molar-refractivity contribution in [1.82, 2.24) is 0 Å². The van der Waals surface area contributed by atoms with E-state index in [4.69, 9.17) is 5.11 Å². The molecule has 1 aliphatic heterocycles. The quantitative estimate of drug-likeness (QED) is 0.867. The number of aliphatic hydroxyl groups excluding tert-OH is 2. The number of halogens is 1. The first-order chi connectivity index (χ1) is 8.61. The summed E-state index contributed by atoms with van der Waals surface area (Å²) < 4.78 is 13.2. The molecule has 4 heteroatoms. The molecule has 0 saturated carbocycles. The maximum Gasteiger partial charge on any atom is 0.123 e. The van der Waals surface area contributed by atoms with Crippen LogP contribution in [0.1, 0.15) is 31.4 Å². The third-order valence-electron chi connectivity index (χ3n) is 3.65. The Labute approximate surface area is 107 Å². The Morgan fingerprint density at radius 3 is 2.61 bits per heavy atom. The fraction of sp³-hybridized carbons (Fsp3) is 0.571. The number of benzene rings is 1. The third kappa shape index (κ3) is 2.82. The number of hydrogen-bond acceptors (Lipinski definition) is 3. The van der Waals surface area contributed by atoms with E-state index in [-0.39, 0.29) is 12.4 Å². The van der Waals surface area contributed by atoms with Gasteiger partial charge in [-0.2, -0.15) is 0 Å². The summed E-state index contributed by atoms with van der Waals surface area (Å²) in [7, 11) is 0. The van der Waals surface area contributed by atoms with Gasteiger partial charge in [-0.25, -0.2) is 4.39 Å². The Kier molecular flexibility index (Phi) is 4.19. The lowest BCUT2D eigenvalue weighted by Gasteiger charge is -2.34. The highest BCUT2D eigenvalue weighted by molar-refractivity contribution is 5.55. The van der Waals surface area contributed by atoms with Gasteiger partial charge in [0.05, 0.1) is 6.10 Å². The topological polar surface area (TPSA) is 43.7 Å². The number of rotatable bonds is 3. The molecule has 1 aromatic rings. The van der Waals surface area contributed by atoms with Crippen molar-refractivity contribution in [3.63, 3.8) is 0 Å². The largest absolute Gasteiger partial charge is 0.396 e. The Balaban J connectivity index is 2.18. The molecule has 0 spiro atoms. The minimum absolute atomic E-state index is 0.237. The molecule has 100 valence electrons. The van der Waals surface area contributed by atoms with Crippen molar-refractivity contribution in [2.75, 3.05) is 24.6 Å². The van der Waals surface area contributed by atoms with Gasteiger partial charge in [0.15, 0.2) is 0 Å². The van der Waals surface area contributed by atoms with Gasteiger partial charge in [-0.1, -0.05) is 0 Å². The van der Waals surface area contributed by atoms with Crippen LogP contribution in [0.5, 0.6) is 0 Å². The summed E-state index contributed by atoms with van der Waals surface area (Å²) in [5.74, 6) is 0.0524. The zero-order valence-electron chi connectivity index (χ0n) is 10.6. The van der Waals surface area contributed by atoms with Crippen molar-refractivity contribution in [3.05, 3.63) is 29.6 Å². The molecule has 0 radical (unpaired) electrons. The first kappa shape index (κ1) is 13.3. The summed E-state index contributed by atoms with van der Waals surface area (Å²) in [6.45, 7) is 3.58. The molecule has 1 atom stereocenters. The zero-order chi connectivity index (χ0) is 13.1. The molecule has 3 nitrogen and oxygen atoms in total. The summed E-state index contributed by atoms with van der Waals surface area (Å²) in [6.07, 6.45) is 1.20. The van der Waals surface area contributed by atoms with E-state index in [2.05, 4.69) is 4.90 Å². The second-order valence-corrected chi connectivity index (χ2v) is 4.99. The minimum Gasteiger partial charge on any atom is -0.396 e. The molecule has 0 bridgehead atoms. The SMILES string of the molecule is C[C@@H](O)c1cc(F)ccc1N1CCC(CO)CC1. The standard InChI is InChI=1S/C14H20FNO2/c1-10(18)13-8-12(15)2-3-14(13)16-6-4-11(9-17)5-7-16/h2-3,8,10-11,17-18H,4-7,9H2,1H3/t10-/m1/s1. The van der Waals surface area contributed by atoms with Crippen LogP contribution in [0, 0.1) is 11.7 Å². The van der Waals surface area contributed by atoms with E-state index in [1.807, 2.05) is 0 Å². The van der Waals surface area contributed by atoms with Crippen molar-refractivity contribution in [2.24, 2.45) is 5.92 Å². The molecule has 0 amide bonds. The third-order valence-corrected chi connectivity index (χ3v) is 3.65. The van der Waals surface area contributed by atoms with E-state index in [1.165, 1.54) is 12.1 Å². The number of anilines is 1. The van der Waals surface area contributed by atoms with Crippen LogP contribution in [0.15, 0.2) is 18.2 Å². The normalized spacial score (nSPS) is 19.0. The lowest BCUT2D eigenvalue weighted by atomic mass is 9.96. The van der Waals surface area contributed by atoms with E-state index in [9.17, 15) is 9.50 Å². The number of piperidine rings is 1. The van der Waals surface area contributed by atoms with Crippen LogP contribution < -0.4 is 4.90 Å². The zero-order valence-corrected chi connectivity index (χ0v) is 10.6. The molecule has 2 rings (SSSR count). The average Bonchev–Trinajstić information content (AvgIpc) is 2.39. The van der Waals surface area contributed by atoms with Gasteiger partial charge in [0.25, 0.3) is 0 Å². The van der Waals surface area contributed by atoms with Gasteiger partial charge in [-0.05, 0) is 43.9 Å². The minimum atomic E-state index is -0.675. The monoisotopic (exact) mass is 253 g/mol. The van der Waals surface area contributed by atoms with Crippen LogP contribution in [-0.2, 0) is 0 Å². The molecule has 1 aromatic carbocycles. The molecule has 0 aliphatic carbocycles. The van der Waals surface area contributed by atoms with Crippen molar-refractivity contribution >= 4 is 5.69 Å². The van der Waals surface area contributed by atoms with Gasteiger partial charge in [-0.3, -0.25) is 0 Å². The Morgan fingerprint density at radius 2 is 2.06 bits per heavy atom. The van der Waals surface area contributed by atoms with Crippen molar-refractivity contribution < 1.29 is 14.6 Å². The van der Waals surface area contributed by atoms with Gasteiger partial charge in [-0.15, -0.1) is 0 Å². The summed E-state index contributed by atoms with van der Waals surface area (Å²) in [5, 5.41) is 18.8. The highest BCUT2D eigenvalue weighted by atomic mass is 19.1. The molecule has 2 N–H and O–H groups in total. The van der Waals surface area contributed by atoms with E-state index < -0.39 is 6.10 Å². The van der Waals surface area contributed by atoms with Crippen LogP contribution in [0.2, 0.25) is 0 Å². The molecule has 18 heavy (non-hydrogen) atoms. The van der Waals surface area contributed by atoms with E-state index in [1.54, 1.807) is 13.0 Å². The smallest absolute Gasteiger partial charge is 0.123 e. The Bertz CT molecular complexity index is 401. The lowest BCUT2D eigenvalue weighted by Crippen LogP contribution is -2.35. The summed E-state index contributed by atoms with van der Waals surface area (Å²) in [5.41, 5.74) is 1.54. The van der Waals surface area contributed by atoms with Gasteiger partial charge in [0.1, 0.15) is 5.82 Å². The molecular formula is C14H20FNO2. The average molecular weight is 253 g/mol. The molecule has 1 saturated heterocycles. The second kappa shape index (κ2) is 5.67. The predicted octanol–water partition coefficient (Wildman–Crippen LogP) is 2.09. The van der Waals surface area contributed by atoms with E-state index >= 15 is 0 Å². The molecule has 1 aliphatic rings. The first-order valence-corrected chi connectivity index (χ1v) is 6.45. The van der Waals surface area contributed by atoms with Gasteiger partial charge < -0.3 is 15.1 Å². The summed E-state index contributed by atoms with van der Waals surface area (Å²) in [6, 6.07) is 4.56. The van der Waals surface area contributed by atoms with Crippen LogP contribution in [0.25, 0.3) is 0 Å². The van der Waals surface area contributed by atoms with E-state index in [0.717, 1.165) is 31.6 Å². The van der Waals surface area contributed by atoms with Gasteiger partial charge in [0.2, 0.25) is 0 Å². The number of hydrogen-bond donors (Lipinski definition) is 2. The predicted molar refractivity (Wildman–Crippen MR) is 69.1 cm³/mol. The lowest BCUT2D eigenvalue weighted by molar-refractivity contribution is 0.195. The van der Waals surface area contributed by atoms with Crippen molar-refractivity contribution in [3.8, 4) is 0 Å². The summed E-state index contributed by atoms with van der Waals surface area (Å²) >= 11 is 0. The van der Waals surface area contributed by atoms with Crippen LogP contribution in [-0.4, -0.2) is 29.9 Å². The second-order valence-electron chi connectivity index (χ2n) is 4.99.